The molecule has 0 unspecified atom stereocenters. The van der Waals surface area contributed by atoms with E-state index < -0.39 is 11.9 Å². The van der Waals surface area contributed by atoms with Gasteiger partial charge >= 0.3 is 5.97 Å². The van der Waals surface area contributed by atoms with Gasteiger partial charge in [-0.3, -0.25) is 4.79 Å². The van der Waals surface area contributed by atoms with Gasteiger partial charge in [0, 0.05) is 0 Å². The van der Waals surface area contributed by atoms with Gasteiger partial charge in [0.15, 0.2) is 6.61 Å². The summed E-state index contributed by atoms with van der Waals surface area (Å²) < 4.78 is 10.8. The lowest BCUT2D eigenvalue weighted by Crippen LogP contribution is -2.33. The summed E-state index contributed by atoms with van der Waals surface area (Å²) in [6, 6.07) is 19.8. The predicted octanol–water partition coefficient (Wildman–Crippen LogP) is 4.47. The Morgan fingerprint density at radius 1 is 1.00 bits per heavy atom. The molecule has 0 saturated heterocycles. The number of hydrogen-bond acceptors (Lipinski definition) is 5. The third-order valence-electron chi connectivity index (χ3n) is 4.00. The minimum atomic E-state index is -0.576. The molecule has 3 aromatic rings. The summed E-state index contributed by atoms with van der Waals surface area (Å²) >= 11 is 6.92. The van der Waals surface area contributed by atoms with Crippen LogP contribution in [0.3, 0.4) is 0 Å². The van der Waals surface area contributed by atoms with E-state index in [9.17, 15) is 9.59 Å². The summed E-state index contributed by atoms with van der Waals surface area (Å²) in [6.07, 6.45) is 0. The zero-order valence-electron chi connectivity index (χ0n) is 15.1. The number of ether oxygens (including phenoxy) is 2. The Labute approximate surface area is 171 Å². The summed E-state index contributed by atoms with van der Waals surface area (Å²) in [5.41, 5.74) is 1.80. The summed E-state index contributed by atoms with van der Waals surface area (Å²) in [7, 11) is 1.60. The summed E-state index contributed by atoms with van der Waals surface area (Å²) in [6.45, 7) is -0.381. The second-order valence-electron chi connectivity index (χ2n) is 5.86. The van der Waals surface area contributed by atoms with Crippen molar-refractivity contribution >= 4 is 34.8 Å². The molecule has 0 aliphatic rings. The maximum absolute atomic E-state index is 12.4. The van der Waals surface area contributed by atoms with Gasteiger partial charge in [0.05, 0.1) is 17.5 Å². The molecule has 1 amide bonds. The normalized spacial score (nSPS) is 11.5. The maximum Gasteiger partial charge on any atom is 0.348 e. The van der Waals surface area contributed by atoms with Crippen molar-refractivity contribution < 1.29 is 19.1 Å². The number of esters is 1. The predicted molar refractivity (Wildman–Crippen MR) is 109 cm³/mol. The first-order valence-corrected chi connectivity index (χ1v) is 9.67. The first kappa shape index (κ1) is 19.9. The van der Waals surface area contributed by atoms with Crippen LogP contribution >= 0.6 is 22.9 Å². The molecular formula is C21H18ClNO4S. The van der Waals surface area contributed by atoms with Crippen LogP contribution < -0.4 is 10.1 Å². The van der Waals surface area contributed by atoms with Crippen molar-refractivity contribution in [1.29, 1.82) is 0 Å². The molecule has 0 aliphatic heterocycles. The first-order valence-electron chi connectivity index (χ1n) is 8.47. The quantitative estimate of drug-likeness (QED) is 0.578. The number of halogens is 1. The Balaban J connectivity index is 1.70. The third-order valence-corrected chi connectivity index (χ3v) is 5.21. The lowest BCUT2D eigenvalue weighted by Gasteiger charge is -2.20. The van der Waals surface area contributed by atoms with Crippen molar-refractivity contribution in [2.75, 3.05) is 13.7 Å². The average Bonchev–Trinajstić information content (AvgIpc) is 3.17. The van der Waals surface area contributed by atoms with E-state index >= 15 is 0 Å². The van der Waals surface area contributed by atoms with Crippen molar-refractivity contribution in [2.24, 2.45) is 0 Å². The lowest BCUT2D eigenvalue weighted by atomic mass is 9.98. The molecule has 144 valence electrons. The monoisotopic (exact) mass is 415 g/mol. The van der Waals surface area contributed by atoms with Crippen LogP contribution in [0.15, 0.2) is 66.7 Å². The number of benzene rings is 2. The van der Waals surface area contributed by atoms with Crippen LogP contribution in [0.1, 0.15) is 26.8 Å². The van der Waals surface area contributed by atoms with Crippen molar-refractivity contribution in [2.45, 2.75) is 6.04 Å². The molecule has 0 aliphatic carbocycles. The van der Waals surface area contributed by atoms with Crippen LogP contribution in [0.5, 0.6) is 5.75 Å². The molecule has 0 radical (unpaired) electrons. The molecule has 0 spiro atoms. The highest BCUT2D eigenvalue weighted by molar-refractivity contribution is 7.17. The van der Waals surface area contributed by atoms with Gasteiger partial charge in [0.2, 0.25) is 0 Å². The number of carbonyl (C=O) groups is 2. The van der Waals surface area contributed by atoms with E-state index in [1.165, 1.54) is 0 Å². The van der Waals surface area contributed by atoms with E-state index in [1.54, 1.807) is 19.2 Å². The van der Waals surface area contributed by atoms with Crippen LogP contribution in [0.25, 0.3) is 0 Å². The van der Waals surface area contributed by atoms with Crippen LogP contribution in [0.4, 0.5) is 0 Å². The maximum atomic E-state index is 12.4. The average molecular weight is 416 g/mol. The Morgan fingerprint density at radius 2 is 1.68 bits per heavy atom. The first-order chi connectivity index (χ1) is 13.6. The largest absolute Gasteiger partial charge is 0.497 e. The van der Waals surface area contributed by atoms with Crippen LogP contribution in [-0.2, 0) is 9.53 Å². The summed E-state index contributed by atoms with van der Waals surface area (Å²) in [5.74, 6) is -0.251. The molecule has 7 heteroatoms. The number of methoxy groups -OCH3 is 1. The van der Waals surface area contributed by atoms with Gasteiger partial charge in [-0.25, -0.2) is 4.79 Å². The van der Waals surface area contributed by atoms with Crippen molar-refractivity contribution in [3.8, 4) is 5.75 Å². The van der Waals surface area contributed by atoms with Crippen LogP contribution in [-0.4, -0.2) is 25.6 Å². The SMILES string of the molecule is COc1ccc([C@H](NC(=O)COC(=O)c2ccc(Cl)s2)c2ccccc2)cc1. The third kappa shape index (κ3) is 5.12. The zero-order chi connectivity index (χ0) is 19.9. The molecule has 5 nitrogen and oxygen atoms in total. The standard InChI is InChI=1S/C21H18ClNO4S/c1-26-16-9-7-15(8-10-16)20(14-5-3-2-4-6-14)23-19(24)13-27-21(25)17-11-12-18(22)28-17/h2-12,20H,13H2,1H3,(H,23,24)/t20-/m1/s1. The second kappa shape index (κ2) is 9.39. The summed E-state index contributed by atoms with van der Waals surface area (Å²) in [4.78, 5) is 24.8. The molecule has 28 heavy (non-hydrogen) atoms. The Kier molecular flexibility index (Phi) is 6.68. The van der Waals surface area contributed by atoms with E-state index in [-0.39, 0.29) is 12.6 Å². The number of rotatable bonds is 7. The van der Waals surface area contributed by atoms with Crippen LogP contribution in [0, 0.1) is 0 Å². The molecule has 1 heterocycles. The topological polar surface area (TPSA) is 64.6 Å². The highest BCUT2D eigenvalue weighted by Crippen LogP contribution is 2.24. The number of nitrogens with one attached hydrogen (secondary N) is 1. The molecule has 0 fully saturated rings. The molecule has 0 saturated carbocycles. The zero-order valence-corrected chi connectivity index (χ0v) is 16.6. The molecule has 1 aromatic heterocycles. The summed E-state index contributed by atoms with van der Waals surface area (Å²) in [5, 5.41) is 2.92. The lowest BCUT2D eigenvalue weighted by molar-refractivity contribution is -0.124. The minimum Gasteiger partial charge on any atom is -0.497 e. The van der Waals surface area contributed by atoms with E-state index in [0.29, 0.717) is 9.21 Å². The van der Waals surface area contributed by atoms with E-state index in [1.807, 2.05) is 54.6 Å². The molecule has 1 N–H and O–H groups in total. The fraction of sp³-hybridized carbons (Fsp3) is 0.143. The highest BCUT2D eigenvalue weighted by atomic mass is 35.5. The molecule has 2 aromatic carbocycles. The smallest absolute Gasteiger partial charge is 0.348 e. The van der Waals surface area contributed by atoms with Crippen LogP contribution in [0.2, 0.25) is 4.34 Å². The Bertz CT molecular complexity index is 941. The van der Waals surface area contributed by atoms with Gasteiger partial charge in [-0.05, 0) is 35.4 Å². The van der Waals surface area contributed by atoms with Gasteiger partial charge in [0.25, 0.3) is 5.91 Å². The molecule has 1 atom stereocenters. The Hall–Kier alpha value is -2.83. The van der Waals surface area contributed by atoms with Gasteiger partial charge in [-0.1, -0.05) is 54.1 Å². The Morgan fingerprint density at radius 3 is 2.29 bits per heavy atom. The number of carbonyl (C=O) groups excluding carboxylic acids is 2. The van der Waals surface area contributed by atoms with Gasteiger partial charge in [-0.2, -0.15) is 0 Å². The van der Waals surface area contributed by atoms with E-state index in [4.69, 9.17) is 21.1 Å². The fourth-order valence-electron chi connectivity index (χ4n) is 2.63. The highest BCUT2D eigenvalue weighted by Gasteiger charge is 2.19. The second-order valence-corrected chi connectivity index (χ2v) is 7.58. The minimum absolute atomic E-state index is 0.354. The van der Waals surface area contributed by atoms with Crippen molar-refractivity contribution in [1.82, 2.24) is 5.32 Å². The molecular weight excluding hydrogens is 398 g/mol. The van der Waals surface area contributed by atoms with E-state index in [0.717, 1.165) is 28.2 Å². The van der Waals surface area contributed by atoms with Gasteiger partial charge < -0.3 is 14.8 Å². The van der Waals surface area contributed by atoms with Gasteiger partial charge in [-0.15, -0.1) is 11.3 Å². The van der Waals surface area contributed by atoms with Crippen molar-refractivity contribution in [3.05, 3.63) is 87.1 Å². The molecule has 3 rings (SSSR count). The van der Waals surface area contributed by atoms with Gasteiger partial charge in [0.1, 0.15) is 10.6 Å². The number of amides is 1. The number of thiophene rings is 1. The fourth-order valence-corrected chi connectivity index (χ4v) is 3.57. The van der Waals surface area contributed by atoms with E-state index in [2.05, 4.69) is 5.32 Å². The molecule has 0 bridgehead atoms. The van der Waals surface area contributed by atoms with Crippen molar-refractivity contribution in [3.63, 3.8) is 0 Å². The number of hydrogen-bond donors (Lipinski definition) is 1.